The largest absolute Gasteiger partial charge is 0.481 e. The molecule has 2 amide bonds. The number of fused-ring (bicyclic) bond motifs is 1. The second-order valence-electron chi connectivity index (χ2n) is 4.95. The van der Waals surface area contributed by atoms with Crippen molar-refractivity contribution in [2.75, 3.05) is 16.4 Å². The molecule has 1 heterocycles. The van der Waals surface area contributed by atoms with Crippen LogP contribution in [0.5, 0.6) is 0 Å². The van der Waals surface area contributed by atoms with Crippen LogP contribution in [0.25, 0.3) is 0 Å². The smallest absolute Gasteiger partial charge is 0.307 e. The lowest BCUT2D eigenvalue weighted by atomic mass is 9.95. The molecule has 1 aromatic rings. The highest BCUT2D eigenvalue weighted by molar-refractivity contribution is 8.00. The number of carbonyl (C=O) groups excluding carboxylic acids is 2. The molecule has 1 aliphatic rings. The summed E-state index contributed by atoms with van der Waals surface area (Å²) in [6, 6.07) is 5.23. The summed E-state index contributed by atoms with van der Waals surface area (Å²) in [6.45, 7) is 3.07. The Morgan fingerprint density at radius 1 is 1.33 bits per heavy atom. The fourth-order valence-electron chi connectivity index (χ4n) is 1.86. The van der Waals surface area contributed by atoms with E-state index < -0.39 is 17.8 Å². The van der Waals surface area contributed by atoms with E-state index in [0.717, 1.165) is 4.90 Å². The minimum absolute atomic E-state index is 0.0798. The summed E-state index contributed by atoms with van der Waals surface area (Å²) in [5.41, 5.74) is 1.19. The molecular weight excluding hydrogens is 292 g/mol. The first-order valence-corrected chi connectivity index (χ1v) is 7.47. The van der Waals surface area contributed by atoms with Gasteiger partial charge >= 0.3 is 5.97 Å². The van der Waals surface area contributed by atoms with Gasteiger partial charge in [-0.25, -0.2) is 0 Å². The number of carboxylic acids is 1. The average molecular weight is 308 g/mol. The summed E-state index contributed by atoms with van der Waals surface area (Å²) in [7, 11) is 0. The maximum atomic E-state index is 12.0. The topological polar surface area (TPSA) is 95.5 Å². The molecule has 0 aliphatic carbocycles. The quantitative estimate of drug-likeness (QED) is 0.791. The van der Waals surface area contributed by atoms with Crippen molar-refractivity contribution in [2.24, 2.45) is 11.8 Å². The van der Waals surface area contributed by atoms with Gasteiger partial charge in [-0.1, -0.05) is 13.8 Å². The summed E-state index contributed by atoms with van der Waals surface area (Å²) in [4.78, 5) is 35.2. The molecule has 0 aromatic heterocycles. The van der Waals surface area contributed by atoms with E-state index in [4.69, 9.17) is 5.11 Å². The summed E-state index contributed by atoms with van der Waals surface area (Å²) < 4.78 is 0. The third-order valence-electron chi connectivity index (χ3n) is 3.43. The standard InChI is InChI=1S/C14H16N2O4S/c1-7(8(2)14(19)20)13(18)15-9-3-4-11-10(5-9)16-12(17)6-21-11/h3-5,7-8H,6H2,1-2H3,(H,15,18)(H,16,17)(H,19,20). The van der Waals surface area contributed by atoms with Crippen LogP contribution in [0.4, 0.5) is 11.4 Å². The number of benzene rings is 1. The van der Waals surface area contributed by atoms with E-state index in [2.05, 4.69) is 10.6 Å². The molecule has 0 spiro atoms. The Balaban J connectivity index is 2.10. The van der Waals surface area contributed by atoms with Crippen molar-refractivity contribution >= 4 is 40.9 Å². The number of hydrogen-bond donors (Lipinski definition) is 3. The summed E-state index contributed by atoms with van der Waals surface area (Å²) in [5.74, 6) is -2.48. The number of hydrogen-bond acceptors (Lipinski definition) is 4. The molecule has 3 N–H and O–H groups in total. The van der Waals surface area contributed by atoms with Gasteiger partial charge in [0, 0.05) is 16.5 Å². The molecule has 2 unspecified atom stereocenters. The molecule has 0 saturated heterocycles. The van der Waals surface area contributed by atoms with E-state index in [1.807, 2.05) is 6.07 Å². The second kappa shape index (κ2) is 6.17. The van der Waals surface area contributed by atoms with Crippen LogP contribution in [-0.2, 0) is 14.4 Å². The molecule has 6 nitrogen and oxygen atoms in total. The predicted octanol–water partition coefficient (Wildman–Crippen LogP) is 2.03. The van der Waals surface area contributed by atoms with E-state index in [1.165, 1.54) is 18.7 Å². The van der Waals surface area contributed by atoms with Gasteiger partial charge < -0.3 is 15.7 Å². The lowest BCUT2D eigenvalue weighted by molar-refractivity contribution is -0.145. The van der Waals surface area contributed by atoms with Crippen molar-refractivity contribution in [2.45, 2.75) is 18.7 Å². The zero-order valence-corrected chi connectivity index (χ0v) is 12.5. The minimum Gasteiger partial charge on any atom is -0.481 e. The van der Waals surface area contributed by atoms with E-state index in [9.17, 15) is 14.4 Å². The molecule has 7 heteroatoms. The predicted molar refractivity (Wildman–Crippen MR) is 80.4 cm³/mol. The second-order valence-corrected chi connectivity index (χ2v) is 5.97. The van der Waals surface area contributed by atoms with Crippen LogP contribution >= 0.6 is 11.8 Å². The van der Waals surface area contributed by atoms with Crippen LogP contribution in [-0.4, -0.2) is 28.6 Å². The first-order valence-electron chi connectivity index (χ1n) is 6.49. The Morgan fingerprint density at radius 2 is 2.05 bits per heavy atom. The fourth-order valence-corrected chi connectivity index (χ4v) is 2.65. The molecule has 112 valence electrons. The lowest BCUT2D eigenvalue weighted by Crippen LogP contribution is -2.30. The number of aliphatic carboxylic acids is 1. The van der Waals surface area contributed by atoms with Gasteiger partial charge in [-0.2, -0.15) is 0 Å². The van der Waals surface area contributed by atoms with Gasteiger partial charge in [0.05, 0.1) is 17.4 Å². The van der Waals surface area contributed by atoms with Crippen molar-refractivity contribution in [3.63, 3.8) is 0 Å². The molecule has 2 rings (SSSR count). The fraction of sp³-hybridized carbons (Fsp3) is 0.357. The first kappa shape index (κ1) is 15.4. The van der Waals surface area contributed by atoms with Crippen LogP contribution in [0.1, 0.15) is 13.8 Å². The lowest BCUT2D eigenvalue weighted by Gasteiger charge is -2.19. The van der Waals surface area contributed by atoms with Crippen LogP contribution in [0.2, 0.25) is 0 Å². The van der Waals surface area contributed by atoms with Gasteiger partial charge in [0.25, 0.3) is 0 Å². The highest BCUT2D eigenvalue weighted by atomic mass is 32.2. The Kier molecular flexibility index (Phi) is 4.52. The molecule has 0 radical (unpaired) electrons. The molecule has 0 fully saturated rings. The maximum Gasteiger partial charge on any atom is 0.307 e. The Labute approximate surface area is 126 Å². The third-order valence-corrected chi connectivity index (χ3v) is 4.51. The zero-order chi connectivity index (χ0) is 15.6. The Bertz CT molecular complexity index is 603. The van der Waals surface area contributed by atoms with Gasteiger partial charge in [0.15, 0.2) is 0 Å². The Morgan fingerprint density at radius 3 is 2.71 bits per heavy atom. The monoisotopic (exact) mass is 308 g/mol. The third kappa shape index (κ3) is 3.55. The SMILES string of the molecule is CC(C(=O)O)C(C)C(=O)Nc1ccc2c(c1)NC(=O)CS2. The molecule has 1 aliphatic heterocycles. The van der Waals surface area contributed by atoms with Crippen LogP contribution in [0.15, 0.2) is 23.1 Å². The van der Waals surface area contributed by atoms with Gasteiger partial charge in [0.1, 0.15) is 0 Å². The van der Waals surface area contributed by atoms with E-state index >= 15 is 0 Å². The number of thioether (sulfide) groups is 1. The number of rotatable bonds is 4. The van der Waals surface area contributed by atoms with Crippen LogP contribution in [0.3, 0.4) is 0 Å². The molecule has 0 saturated carbocycles. The molecule has 2 atom stereocenters. The summed E-state index contributed by atoms with van der Waals surface area (Å²) in [5, 5.41) is 14.3. The zero-order valence-electron chi connectivity index (χ0n) is 11.7. The first-order chi connectivity index (χ1) is 9.88. The van der Waals surface area contributed by atoms with Crippen LogP contribution in [0, 0.1) is 11.8 Å². The molecule has 0 bridgehead atoms. The van der Waals surface area contributed by atoms with Crippen molar-refractivity contribution in [3.05, 3.63) is 18.2 Å². The van der Waals surface area contributed by atoms with Gasteiger partial charge in [-0.05, 0) is 18.2 Å². The van der Waals surface area contributed by atoms with Gasteiger partial charge in [-0.15, -0.1) is 11.8 Å². The molecular formula is C14H16N2O4S. The van der Waals surface area contributed by atoms with E-state index in [1.54, 1.807) is 19.1 Å². The van der Waals surface area contributed by atoms with Crippen molar-refractivity contribution < 1.29 is 19.5 Å². The number of amides is 2. The number of nitrogens with one attached hydrogen (secondary N) is 2. The van der Waals surface area contributed by atoms with Crippen LogP contribution < -0.4 is 10.6 Å². The van der Waals surface area contributed by atoms with Gasteiger partial charge in [-0.3, -0.25) is 14.4 Å². The van der Waals surface area contributed by atoms with Crippen molar-refractivity contribution in [1.82, 2.24) is 0 Å². The van der Waals surface area contributed by atoms with E-state index in [-0.39, 0.29) is 11.8 Å². The Hall–Kier alpha value is -2.02. The normalized spacial score (nSPS) is 16.4. The van der Waals surface area contributed by atoms with Crippen molar-refractivity contribution in [1.29, 1.82) is 0 Å². The highest BCUT2D eigenvalue weighted by Crippen LogP contribution is 2.33. The van der Waals surface area contributed by atoms with Crippen molar-refractivity contribution in [3.8, 4) is 0 Å². The minimum atomic E-state index is -1.01. The number of carboxylic acid groups (broad SMARTS) is 1. The summed E-state index contributed by atoms with van der Waals surface area (Å²) in [6.07, 6.45) is 0. The van der Waals surface area contributed by atoms with Gasteiger partial charge in [0.2, 0.25) is 11.8 Å². The maximum absolute atomic E-state index is 12.0. The summed E-state index contributed by atoms with van der Waals surface area (Å²) >= 11 is 1.44. The molecule has 21 heavy (non-hydrogen) atoms. The molecule has 1 aromatic carbocycles. The average Bonchev–Trinajstić information content (AvgIpc) is 2.45. The van der Waals surface area contributed by atoms with E-state index in [0.29, 0.717) is 17.1 Å². The number of carbonyl (C=O) groups is 3. The highest BCUT2D eigenvalue weighted by Gasteiger charge is 2.26. The number of anilines is 2.